The van der Waals surface area contributed by atoms with E-state index in [2.05, 4.69) is 5.32 Å². The monoisotopic (exact) mass is 234 g/mol. The van der Waals surface area contributed by atoms with Crippen molar-refractivity contribution in [1.82, 2.24) is 5.32 Å². The molecule has 17 heavy (non-hydrogen) atoms. The number of nitriles is 1. The van der Waals surface area contributed by atoms with Crippen molar-refractivity contribution in [2.24, 2.45) is 0 Å². The molecule has 0 bridgehead atoms. The van der Waals surface area contributed by atoms with Crippen molar-refractivity contribution >= 4 is 6.41 Å². The fraction of sp³-hybridized carbons (Fsp3) is 0.429. The van der Waals surface area contributed by atoms with E-state index in [-0.39, 0.29) is 0 Å². The molecule has 1 aromatic rings. The minimum Gasteiger partial charge on any atom is -0.358 e. The minimum absolute atomic E-state index is 0.634. The Labute approximate surface area is 104 Å². The molecule has 1 rings (SSSR count). The SMILES string of the molecule is CC.CC.N#Cc1ccc(CCNC=O)cc1. The third kappa shape index (κ3) is 9.13. The van der Waals surface area contributed by atoms with Gasteiger partial charge < -0.3 is 5.32 Å². The molecule has 0 aliphatic rings. The van der Waals surface area contributed by atoms with E-state index in [1.54, 1.807) is 12.1 Å². The smallest absolute Gasteiger partial charge is 0.207 e. The lowest BCUT2D eigenvalue weighted by molar-refractivity contribution is -0.109. The largest absolute Gasteiger partial charge is 0.358 e. The van der Waals surface area contributed by atoms with E-state index in [0.29, 0.717) is 18.5 Å². The van der Waals surface area contributed by atoms with Crippen molar-refractivity contribution in [2.75, 3.05) is 6.54 Å². The number of rotatable bonds is 4. The molecule has 3 nitrogen and oxygen atoms in total. The van der Waals surface area contributed by atoms with Crippen molar-refractivity contribution < 1.29 is 4.79 Å². The predicted octanol–water partition coefficient (Wildman–Crippen LogP) is 2.90. The first-order valence-corrected chi connectivity index (χ1v) is 6.03. The maximum atomic E-state index is 9.94. The molecule has 0 radical (unpaired) electrons. The number of hydrogen-bond donors (Lipinski definition) is 1. The molecule has 0 aromatic heterocycles. The van der Waals surface area contributed by atoms with Gasteiger partial charge in [0.05, 0.1) is 11.6 Å². The first-order chi connectivity index (χ1) is 8.36. The maximum Gasteiger partial charge on any atom is 0.207 e. The third-order valence-electron chi connectivity index (χ3n) is 1.72. The van der Waals surface area contributed by atoms with Crippen molar-refractivity contribution in [3.05, 3.63) is 35.4 Å². The lowest BCUT2D eigenvalue weighted by Gasteiger charge is -1.99. The lowest BCUT2D eigenvalue weighted by atomic mass is 10.1. The summed E-state index contributed by atoms with van der Waals surface area (Å²) in [5.41, 5.74) is 1.78. The molecule has 0 saturated carbocycles. The van der Waals surface area contributed by atoms with Gasteiger partial charge in [0.2, 0.25) is 6.41 Å². The van der Waals surface area contributed by atoms with Crippen LogP contribution in [-0.4, -0.2) is 13.0 Å². The van der Waals surface area contributed by atoms with E-state index >= 15 is 0 Å². The molecular formula is C14H22N2O. The van der Waals surface area contributed by atoms with Crippen LogP contribution in [-0.2, 0) is 11.2 Å². The Morgan fingerprint density at radius 2 is 1.71 bits per heavy atom. The zero-order valence-corrected chi connectivity index (χ0v) is 11.2. The molecule has 0 aliphatic carbocycles. The van der Waals surface area contributed by atoms with Crippen molar-refractivity contribution in [3.8, 4) is 6.07 Å². The number of amides is 1. The molecule has 0 unspecified atom stereocenters. The number of carbonyl (C=O) groups is 1. The van der Waals surface area contributed by atoms with Gasteiger partial charge in [-0.3, -0.25) is 4.79 Å². The number of nitrogens with zero attached hydrogens (tertiary/aromatic N) is 1. The molecule has 0 saturated heterocycles. The number of hydrogen-bond acceptors (Lipinski definition) is 2. The van der Waals surface area contributed by atoms with Gasteiger partial charge in [-0.2, -0.15) is 5.26 Å². The maximum absolute atomic E-state index is 9.94. The number of nitrogens with one attached hydrogen (secondary N) is 1. The van der Waals surface area contributed by atoms with E-state index in [1.165, 1.54) is 0 Å². The second-order valence-corrected chi connectivity index (χ2v) is 2.63. The highest BCUT2D eigenvalue weighted by molar-refractivity contribution is 5.45. The summed E-state index contributed by atoms with van der Waals surface area (Å²) in [7, 11) is 0. The van der Waals surface area contributed by atoms with Crippen LogP contribution in [0.5, 0.6) is 0 Å². The molecule has 1 N–H and O–H groups in total. The summed E-state index contributed by atoms with van der Waals surface area (Å²) in [6.45, 7) is 8.63. The highest BCUT2D eigenvalue weighted by Gasteiger charge is 1.92. The Morgan fingerprint density at radius 1 is 1.18 bits per heavy atom. The van der Waals surface area contributed by atoms with E-state index in [9.17, 15) is 4.79 Å². The Bertz CT molecular complexity index is 312. The average Bonchev–Trinajstić information content (AvgIpc) is 2.44. The van der Waals surface area contributed by atoms with Crippen LogP contribution in [0, 0.1) is 11.3 Å². The highest BCUT2D eigenvalue weighted by atomic mass is 16.1. The zero-order valence-electron chi connectivity index (χ0n) is 11.2. The molecule has 0 spiro atoms. The van der Waals surface area contributed by atoms with Crippen LogP contribution in [0.25, 0.3) is 0 Å². The summed E-state index contributed by atoms with van der Waals surface area (Å²) in [5, 5.41) is 11.1. The van der Waals surface area contributed by atoms with Crippen LogP contribution in [0.2, 0.25) is 0 Å². The second kappa shape index (κ2) is 14.2. The van der Waals surface area contributed by atoms with Gasteiger partial charge in [0.1, 0.15) is 0 Å². The highest BCUT2D eigenvalue weighted by Crippen LogP contribution is 2.03. The summed E-state index contributed by atoms with van der Waals surface area (Å²) < 4.78 is 0. The van der Waals surface area contributed by atoms with Gasteiger partial charge in [-0.05, 0) is 24.1 Å². The first kappa shape index (κ1) is 17.6. The molecule has 0 fully saturated rings. The van der Waals surface area contributed by atoms with Crippen LogP contribution >= 0.6 is 0 Å². The van der Waals surface area contributed by atoms with Crippen molar-refractivity contribution in [1.29, 1.82) is 5.26 Å². The van der Waals surface area contributed by atoms with E-state index < -0.39 is 0 Å². The summed E-state index contributed by atoms with van der Waals surface area (Å²) in [5.74, 6) is 0. The van der Waals surface area contributed by atoms with Gasteiger partial charge in [0.25, 0.3) is 0 Å². The second-order valence-electron chi connectivity index (χ2n) is 2.63. The number of benzene rings is 1. The molecule has 3 heteroatoms. The summed E-state index contributed by atoms with van der Waals surface area (Å²) in [6.07, 6.45) is 1.48. The summed E-state index contributed by atoms with van der Waals surface area (Å²) in [6, 6.07) is 9.39. The zero-order chi connectivity index (χ0) is 13.5. The molecule has 0 aliphatic heterocycles. The number of carbonyl (C=O) groups excluding carboxylic acids is 1. The summed E-state index contributed by atoms with van der Waals surface area (Å²) >= 11 is 0. The van der Waals surface area contributed by atoms with E-state index in [1.807, 2.05) is 45.9 Å². The normalized spacial score (nSPS) is 7.47. The van der Waals surface area contributed by atoms with Crippen LogP contribution in [0.3, 0.4) is 0 Å². The van der Waals surface area contributed by atoms with Crippen molar-refractivity contribution in [2.45, 2.75) is 34.1 Å². The molecule has 94 valence electrons. The Balaban J connectivity index is 0. The topological polar surface area (TPSA) is 52.9 Å². The van der Waals surface area contributed by atoms with Gasteiger partial charge in [-0.15, -0.1) is 0 Å². The van der Waals surface area contributed by atoms with E-state index in [0.717, 1.165) is 12.0 Å². The predicted molar refractivity (Wildman–Crippen MR) is 71.6 cm³/mol. The lowest BCUT2D eigenvalue weighted by Crippen LogP contribution is -2.14. The Kier molecular flexibility index (Phi) is 14.7. The quantitative estimate of drug-likeness (QED) is 0.643. The van der Waals surface area contributed by atoms with Crippen LogP contribution in [0.15, 0.2) is 24.3 Å². The molecule has 0 atom stereocenters. The van der Waals surface area contributed by atoms with Gasteiger partial charge >= 0.3 is 0 Å². The minimum atomic E-state index is 0.634. The van der Waals surface area contributed by atoms with Crippen LogP contribution in [0.1, 0.15) is 38.8 Å². The first-order valence-electron chi connectivity index (χ1n) is 6.03. The molecule has 0 heterocycles. The van der Waals surface area contributed by atoms with Gasteiger partial charge in [0.15, 0.2) is 0 Å². The van der Waals surface area contributed by atoms with Gasteiger partial charge in [0, 0.05) is 6.54 Å². The third-order valence-corrected chi connectivity index (χ3v) is 1.72. The standard InChI is InChI=1S/C10H10N2O.2C2H6/c11-7-10-3-1-9(2-4-10)5-6-12-8-13;2*1-2/h1-4,8H,5-6H2,(H,12,13);2*1-2H3. The Morgan fingerprint density at radius 3 is 2.12 bits per heavy atom. The van der Waals surface area contributed by atoms with Gasteiger partial charge in [-0.25, -0.2) is 0 Å². The molecular weight excluding hydrogens is 212 g/mol. The van der Waals surface area contributed by atoms with E-state index in [4.69, 9.17) is 5.26 Å². The van der Waals surface area contributed by atoms with Crippen LogP contribution in [0.4, 0.5) is 0 Å². The average molecular weight is 234 g/mol. The molecule has 1 amide bonds. The fourth-order valence-electron chi connectivity index (χ4n) is 1.02. The van der Waals surface area contributed by atoms with Crippen molar-refractivity contribution in [3.63, 3.8) is 0 Å². The Hall–Kier alpha value is -1.82. The van der Waals surface area contributed by atoms with Gasteiger partial charge in [-0.1, -0.05) is 39.8 Å². The summed E-state index contributed by atoms with van der Waals surface area (Å²) in [4.78, 5) is 9.94. The van der Waals surface area contributed by atoms with Crippen LogP contribution < -0.4 is 5.32 Å². The molecule has 1 aromatic carbocycles. The fourth-order valence-corrected chi connectivity index (χ4v) is 1.02.